The SMILES string of the molecule is COc1cc(C=O)cc(OCCCC(=O)O)c1OC. The maximum atomic E-state index is 10.8. The molecular weight excluding hydrogens is 252 g/mol. The van der Waals surface area contributed by atoms with Gasteiger partial charge >= 0.3 is 5.97 Å². The van der Waals surface area contributed by atoms with Crippen LogP contribution < -0.4 is 14.2 Å². The molecule has 0 spiro atoms. The molecule has 0 heterocycles. The predicted octanol–water partition coefficient (Wildman–Crippen LogP) is 1.76. The molecule has 0 aliphatic heterocycles. The van der Waals surface area contributed by atoms with E-state index in [0.29, 0.717) is 35.5 Å². The van der Waals surface area contributed by atoms with Crippen LogP contribution >= 0.6 is 0 Å². The number of aliphatic carboxylic acids is 1. The number of aldehydes is 1. The summed E-state index contributed by atoms with van der Waals surface area (Å²) in [6.07, 6.45) is 1.06. The van der Waals surface area contributed by atoms with Gasteiger partial charge < -0.3 is 19.3 Å². The molecule has 1 aromatic carbocycles. The zero-order valence-corrected chi connectivity index (χ0v) is 10.8. The molecule has 0 atom stereocenters. The van der Waals surface area contributed by atoms with Crippen molar-refractivity contribution in [3.8, 4) is 17.2 Å². The number of carbonyl (C=O) groups excluding carboxylic acids is 1. The van der Waals surface area contributed by atoms with E-state index in [9.17, 15) is 9.59 Å². The highest BCUT2D eigenvalue weighted by Crippen LogP contribution is 2.38. The maximum absolute atomic E-state index is 10.8. The first-order valence-corrected chi connectivity index (χ1v) is 5.68. The second-order valence-corrected chi connectivity index (χ2v) is 3.72. The van der Waals surface area contributed by atoms with Crippen molar-refractivity contribution in [2.24, 2.45) is 0 Å². The lowest BCUT2D eigenvalue weighted by Crippen LogP contribution is -2.04. The molecule has 1 N–H and O–H groups in total. The Balaban J connectivity index is 2.84. The number of carbonyl (C=O) groups is 2. The van der Waals surface area contributed by atoms with Gasteiger partial charge in [0.25, 0.3) is 0 Å². The van der Waals surface area contributed by atoms with Gasteiger partial charge in [0.05, 0.1) is 20.8 Å². The van der Waals surface area contributed by atoms with E-state index in [1.165, 1.54) is 26.4 Å². The molecule has 0 radical (unpaired) electrons. The molecule has 0 aliphatic carbocycles. The summed E-state index contributed by atoms with van der Waals surface area (Å²) in [7, 11) is 2.92. The van der Waals surface area contributed by atoms with Crippen molar-refractivity contribution in [3.05, 3.63) is 17.7 Å². The monoisotopic (exact) mass is 268 g/mol. The van der Waals surface area contributed by atoms with Crippen LogP contribution in [0.25, 0.3) is 0 Å². The quantitative estimate of drug-likeness (QED) is 0.571. The van der Waals surface area contributed by atoms with Gasteiger partial charge in [-0.05, 0) is 18.6 Å². The molecule has 6 heteroatoms. The van der Waals surface area contributed by atoms with Crippen LogP contribution in [0.4, 0.5) is 0 Å². The van der Waals surface area contributed by atoms with Crippen LogP contribution in [0.2, 0.25) is 0 Å². The largest absolute Gasteiger partial charge is 0.493 e. The average molecular weight is 268 g/mol. The molecule has 1 rings (SSSR count). The van der Waals surface area contributed by atoms with Crippen molar-refractivity contribution < 1.29 is 28.9 Å². The molecule has 0 saturated heterocycles. The van der Waals surface area contributed by atoms with Crippen LogP contribution in [0, 0.1) is 0 Å². The molecule has 0 aliphatic rings. The Labute approximate surface area is 110 Å². The summed E-state index contributed by atoms with van der Waals surface area (Å²) >= 11 is 0. The Kier molecular flexibility index (Phi) is 5.66. The average Bonchev–Trinajstić information content (AvgIpc) is 2.42. The molecule has 0 amide bonds. The highest BCUT2D eigenvalue weighted by molar-refractivity contribution is 5.78. The van der Waals surface area contributed by atoms with E-state index in [4.69, 9.17) is 19.3 Å². The Bertz CT molecular complexity index is 455. The lowest BCUT2D eigenvalue weighted by atomic mass is 10.2. The molecular formula is C13H16O6. The van der Waals surface area contributed by atoms with Crippen molar-refractivity contribution in [1.29, 1.82) is 0 Å². The number of ether oxygens (including phenoxy) is 3. The number of hydrogen-bond acceptors (Lipinski definition) is 5. The zero-order valence-electron chi connectivity index (χ0n) is 10.8. The van der Waals surface area contributed by atoms with Crippen molar-refractivity contribution in [2.75, 3.05) is 20.8 Å². The molecule has 0 bridgehead atoms. The van der Waals surface area contributed by atoms with E-state index in [1.54, 1.807) is 0 Å². The van der Waals surface area contributed by atoms with Crippen LogP contribution in [-0.4, -0.2) is 38.2 Å². The van der Waals surface area contributed by atoms with E-state index in [1.807, 2.05) is 0 Å². The van der Waals surface area contributed by atoms with Crippen molar-refractivity contribution in [1.82, 2.24) is 0 Å². The number of carboxylic acid groups (broad SMARTS) is 1. The summed E-state index contributed by atoms with van der Waals surface area (Å²) < 4.78 is 15.7. The molecule has 0 unspecified atom stereocenters. The van der Waals surface area contributed by atoms with Crippen molar-refractivity contribution in [3.63, 3.8) is 0 Å². The number of benzene rings is 1. The van der Waals surface area contributed by atoms with Gasteiger partial charge in [-0.25, -0.2) is 0 Å². The maximum Gasteiger partial charge on any atom is 0.303 e. The summed E-state index contributed by atoms with van der Waals surface area (Å²) in [5.41, 5.74) is 0.394. The molecule has 0 aromatic heterocycles. The summed E-state index contributed by atoms with van der Waals surface area (Å²) in [6.45, 7) is 0.216. The minimum Gasteiger partial charge on any atom is -0.493 e. The molecule has 0 saturated carbocycles. The number of rotatable bonds is 8. The molecule has 19 heavy (non-hydrogen) atoms. The van der Waals surface area contributed by atoms with E-state index in [0.717, 1.165) is 0 Å². The first-order valence-electron chi connectivity index (χ1n) is 5.68. The van der Waals surface area contributed by atoms with E-state index in [2.05, 4.69) is 0 Å². The van der Waals surface area contributed by atoms with Crippen LogP contribution in [0.1, 0.15) is 23.2 Å². The highest BCUT2D eigenvalue weighted by atomic mass is 16.5. The van der Waals surface area contributed by atoms with Gasteiger partial charge in [-0.1, -0.05) is 0 Å². The molecule has 1 aromatic rings. The third-order valence-electron chi connectivity index (χ3n) is 2.40. The van der Waals surface area contributed by atoms with Gasteiger partial charge in [0.1, 0.15) is 6.29 Å². The summed E-state index contributed by atoms with van der Waals surface area (Å²) in [5, 5.41) is 8.53. The number of hydrogen-bond donors (Lipinski definition) is 1. The second-order valence-electron chi connectivity index (χ2n) is 3.72. The Hall–Kier alpha value is -2.24. The molecule has 0 fully saturated rings. The lowest BCUT2D eigenvalue weighted by Gasteiger charge is -2.14. The Morgan fingerprint density at radius 3 is 2.47 bits per heavy atom. The molecule has 6 nitrogen and oxygen atoms in total. The third kappa shape index (κ3) is 4.17. The highest BCUT2D eigenvalue weighted by Gasteiger charge is 2.13. The van der Waals surface area contributed by atoms with Gasteiger partial charge in [0.2, 0.25) is 5.75 Å². The summed E-state index contributed by atoms with van der Waals surface area (Å²) in [5.74, 6) is 0.243. The van der Waals surface area contributed by atoms with Gasteiger partial charge in [-0.2, -0.15) is 0 Å². The minimum absolute atomic E-state index is 0.0207. The fraction of sp³-hybridized carbons (Fsp3) is 0.385. The van der Waals surface area contributed by atoms with Crippen molar-refractivity contribution >= 4 is 12.3 Å². The standard InChI is InChI=1S/C13H16O6/c1-17-10-6-9(8-14)7-11(13(10)18-2)19-5-3-4-12(15)16/h6-8H,3-5H2,1-2H3,(H,15,16). The van der Waals surface area contributed by atoms with Crippen molar-refractivity contribution in [2.45, 2.75) is 12.8 Å². The first-order chi connectivity index (χ1) is 9.12. The van der Waals surface area contributed by atoms with Gasteiger partial charge in [0, 0.05) is 12.0 Å². The predicted molar refractivity (Wildman–Crippen MR) is 67.3 cm³/mol. The van der Waals surface area contributed by atoms with E-state index >= 15 is 0 Å². The van der Waals surface area contributed by atoms with Gasteiger partial charge in [-0.15, -0.1) is 0 Å². The summed E-state index contributed by atoms with van der Waals surface area (Å²) in [4.78, 5) is 21.2. The summed E-state index contributed by atoms with van der Waals surface area (Å²) in [6, 6.07) is 3.06. The minimum atomic E-state index is -0.880. The Morgan fingerprint density at radius 1 is 1.26 bits per heavy atom. The Morgan fingerprint density at radius 2 is 1.95 bits per heavy atom. The van der Waals surface area contributed by atoms with E-state index < -0.39 is 5.97 Å². The van der Waals surface area contributed by atoms with Crippen LogP contribution in [0.3, 0.4) is 0 Å². The zero-order chi connectivity index (χ0) is 14.3. The van der Waals surface area contributed by atoms with Crippen LogP contribution in [-0.2, 0) is 4.79 Å². The fourth-order valence-corrected chi connectivity index (χ4v) is 1.53. The smallest absolute Gasteiger partial charge is 0.303 e. The normalized spacial score (nSPS) is 9.79. The van der Waals surface area contributed by atoms with Gasteiger partial charge in [0.15, 0.2) is 11.5 Å². The van der Waals surface area contributed by atoms with Gasteiger partial charge in [-0.3, -0.25) is 9.59 Å². The van der Waals surface area contributed by atoms with E-state index in [-0.39, 0.29) is 13.0 Å². The topological polar surface area (TPSA) is 82.1 Å². The lowest BCUT2D eigenvalue weighted by molar-refractivity contribution is -0.137. The molecule has 104 valence electrons. The van der Waals surface area contributed by atoms with Crippen LogP contribution in [0.15, 0.2) is 12.1 Å². The van der Waals surface area contributed by atoms with Crippen LogP contribution in [0.5, 0.6) is 17.2 Å². The third-order valence-corrected chi connectivity index (χ3v) is 2.40. The number of carboxylic acids is 1. The number of methoxy groups -OCH3 is 2. The fourth-order valence-electron chi connectivity index (χ4n) is 1.53. The first kappa shape index (κ1) is 14.8. The second kappa shape index (κ2) is 7.25.